The third-order valence-corrected chi connectivity index (χ3v) is 3.45. The fourth-order valence-corrected chi connectivity index (χ4v) is 2.16. The average Bonchev–Trinajstić information content (AvgIpc) is 2.30. The van der Waals surface area contributed by atoms with E-state index in [9.17, 15) is 0 Å². The number of rotatable bonds is 2. The Labute approximate surface area is 116 Å². The standard InChI is InChI=1S/C15H16BrNO/c1-9-6-10(2)11(3)14(7-9)18-15-8-12(16)4-5-13(15)17/h4-8H,17H2,1-3H3. The maximum absolute atomic E-state index is 5.93. The molecule has 0 aliphatic carbocycles. The van der Waals surface area contributed by atoms with E-state index in [0.29, 0.717) is 11.4 Å². The van der Waals surface area contributed by atoms with Crippen LogP contribution in [0.15, 0.2) is 34.8 Å². The molecule has 18 heavy (non-hydrogen) atoms. The second kappa shape index (κ2) is 5.02. The van der Waals surface area contributed by atoms with E-state index in [0.717, 1.165) is 15.8 Å². The molecule has 0 heterocycles. The predicted molar refractivity (Wildman–Crippen MR) is 79.3 cm³/mol. The molecule has 0 aromatic heterocycles. The van der Waals surface area contributed by atoms with Gasteiger partial charge in [-0.2, -0.15) is 0 Å². The van der Waals surface area contributed by atoms with E-state index < -0.39 is 0 Å². The molecule has 2 N–H and O–H groups in total. The zero-order chi connectivity index (χ0) is 13.3. The van der Waals surface area contributed by atoms with Crippen molar-refractivity contribution in [3.63, 3.8) is 0 Å². The van der Waals surface area contributed by atoms with Crippen molar-refractivity contribution in [2.24, 2.45) is 0 Å². The summed E-state index contributed by atoms with van der Waals surface area (Å²) in [5.41, 5.74) is 10.1. The summed E-state index contributed by atoms with van der Waals surface area (Å²) in [6.45, 7) is 6.20. The zero-order valence-corrected chi connectivity index (χ0v) is 12.3. The molecule has 2 aromatic rings. The first-order valence-corrected chi connectivity index (χ1v) is 6.57. The second-order valence-corrected chi connectivity index (χ2v) is 5.40. The van der Waals surface area contributed by atoms with Gasteiger partial charge in [0.25, 0.3) is 0 Å². The van der Waals surface area contributed by atoms with Gasteiger partial charge in [-0.15, -0.1) is 0 Å². The Hall–Kier alpha value is -1.48. The van der Waals surface area contributed by atoms with Gasteiger partial charge in [-0.1, -0.05) is 22.0 Å². The molecule has 0 atom stereocenters. The molecule has 0 saturated heterocycles. The summed E-state index contributed by atoms with van der Waals surface area (Å²) in [7, 11) is 0. The first-order valence-electron chi connectivity index (χ1n) is 5.78. The van der Waals surface area contributed by atoms with Crippen molar-refractivity contribution in [2.75, 3.05) is 5.73 Å². The van der Waals surface area contributed by atoms with E-state index in [4.69, 9.17) is 10.5 Å². The minimum absolute atomic E-state index is 0.636. The third-order valence-electron chi connectivity index (χ3n) is 2.96. The van der Waals surface area contributed by atoms with Gasteiger partial charge in [-0.25, -0.2) is 0 Å². The van der Waals surface area contributed by atoms with E-state index in [-0.39, 0.29) is 0 Å². The predicted octanol–water partition coefficient (Wildman–Crippen LogP) is 4.75. The van der Waals surface area contributed by atoms with Gasteiger partial charge in [-0.05, 0) is 61.7 Å². The minimum Gasteiger partial charge on any atom is -0.455 e. The maximum Gasteiger partial charge on any atom is 0.151 e. The van der Waals surface area contributed by atoms with E-state index >= 15 is 0 Å². The Bertz CT molecular complexity index is 593. The number of nitrogens with two attached hydrogens (primary N) is 1. The molecule has 3 heteroatoms. The highest BCUT2D eigenvalue weighted by molar-refractivity contribution is 9.10. The van der Waals surface area contributed by atoms with Crippen molar-refractivity contribution in [3.8, 4) is 11.5 Å². The summed E-state index contributed by atoms with van der Waals surface area (Å²) in [5, 5.41) is 0. The molecule has 2 nitrogen and oxygen atoms in total. The highest BCUT2D eigenvalue weighted by Gasteiger charge is 2.08. The molecule has 0 aliphatic rings. The third kappa shape index (κ3) is 2.67. The number of hydrogen-bond donors (Lipinski definition) is 1. The van der Waals surface area contributed by atoms with Gasteiger partial charge < -0.3 is 10.5 Å². The van der Waals surface area contributed by atoms with E-state index in [1.807, 2.05) is 24.3 Å². The van der Waals surface area contributed by atoms with Crippen molar-refractivity contribution in [1.82, 2.24) is 0 Å². The molecule has 0 bridgehead atoms. The van der Waals surface area contributed by atoms with Gasteiger partial charge in [-0.3, -0.25) is 0 Å². The lowest BCUT2D eigenvalue weighted by atomic mass is 10.1. The monoisotopic (exact) mass is 305 g/mol. The van der Waals surface area contributed by atoms with Crippen molar-refractivity contribution in [1.29, 1.82) is 0 Å². The Kier molecular flexibility index (Phi) is 3.62. The van der Waals surface area contributed by atoms with Crippen LogP contribution in [0.5, 0.6) is 11.5 Å². The fourth-order valence-electron chi connectivity index (χ4n) is 1.82. The zero-order valence-electron chi connectivity index (χ0n) is 10.8. The van der Waals surface area contributed by atoms with Crippen LogP contribution in [-0.2, 0) is 0 Å². The topological polar surface area (TPSA) is 35.2 Å². The maximum atomic E-state index is 5.93. The van der Waals surface area contributed by atoms with Crippen molar-refractivity contribution >= 4 is 21.6 Å². The number of benzene rings is 2. The highest BCUT2D eigenvalue weighted by atomic mass is 79.9. The molecule has 0 spiro atoms. The summed E-state index contributed by atoms with van der Waals surface area (Å²) in [6.07, 6.45) is 0. The summed E-state index contributed by atoms with van der Waals surface area (Å²) < 4.78 is 6.88. The SMILES string of the molecule is Cc1cc(C)c(C)c(Oc2cc(Br)ccc2N)c1. The van der Waals surface area contributed by atoms with Crippen LogP contribution >= 0.6 is 15.9 Å². The van der Waals surface area contributed by atoms with Gasteiger partial charge in [0.2, 0.25) is 0 Å². The number of halogens is 1. The number of nitrogen functional groups attached to an aromatic ring is 1. The van der Waals surface area contributed by atoms with Gasteiger partial charge in [0.15, 0.2) is 5.75 Å². The van der Waals surface area contributed by atoms with E-state index in [1.165, 1.54) is 11.1 Å². The molecular weight excluding hydrogens is 290 g/mol. The molecule has 94 valence electrons. The Morgan fingerprint density at radius 3 is 2.44 bits per heavy atom. The molecule has 0 aliphatic heterocycles. The van der Waals surface area contributed by atoms with Crippen LogP contribution in [0.2, 0.25) is 0 Å². The van der Waals surface area contributed by atoms with Crippen molar-refractivity contribution in [2.45, 2.75) is 20.8 Å². The first-order chi connectivity index (χ1) is 8.47. The van der Waals surface area contributed by atoms with Crippen molar-refractivity contribution < 1.29 is 4.74 Å². The lowest BCUT2D eigenvalue weighted by Crippen LogP contribution is -1.95. The molecular formula is C15H16BrNO. The number of hydrogen-bond acceptors (Lipinski definition) is 2. The summed E-state index contributed by atoms with van der Waals surface area (Å²) in [6, 6.07) is 9.79. The first kappa shape index (κ1) is 13.0. The summed E-state index contributed by atoms with van der Waals surface area (Å²) in [4.78, 5) is 0. The van der Waals surface area contributed by atoms with Crippen LogP contribution in [0, 0.1) is 20.8 Å². The normalized spacial score (nSPS) is 10.4. The lowest BCUT2D eigenvalue weighted by Gasteiger charge is -2.13. The number of aryl methyl sites for hydroxylation is 2. The van der Waals surface area contributed by atoms with E-state index in [2.05, 4.69) is 42.8 Å². The van der Waals surface area contributed by atoms with Crippen LogP contribution in [0.3, 0.4) is 0 Å². The van der Waals surface area contributed by atoms with Gasteiger partial charge in [0, 0.05) is 4.47 Å². The molecule has 0 radical (unpaired) electrons. The minimum atomic E-state index is 0.636. The quantitative estimate of drug-likeness (QED) is 0.813. The highest BCUT2D eigenvalue weighted by Crippen LogP contribution is 2.33. The van der Waals surface area contributed by atoms with Crippen LogP contribution in [0.1, 0.15) is 16.7 Å². The van der Waals surface area contributed by atoms with Gasteiger partial charge in [0.1, 0.15) is 5.75 Å². The van der Waals surface area contributed by atoms with Gasteiger partial charge >= 0.3 is 0 Å². The Morgan fingerprint density at radius 2 is 1.72 bits per heavy atom. The molecule has 0 fully saturated rings. The van der Waals surface area contributed by atoms with E-state index in [1.54, 1.807) is 0 Å². The van der Waals surface area contributed by atoms with Crippen LogP contribution in [-0.4, -0.2) is 0 Å². The summed E-state index contributed by atoms with van der Waals surface area (Å²) >= 11 is 3.42. The number of anilines is 1. The smallest absolute Gasteiger partial charge is 0.151 e. The van der Waals surface area contributed by atoms with Gasteiger partial charge in [0.05, 0.1) is 5.69 Å². The molecule has 2 rings (SSSR count). The van der Waals surface area contributed by atoms with Crippen molar-refractivity contribution in [3.05, 3.63) is 51.5 Å². The lowest BCUT2D eigenvalue weighted by molar-refractivity contribution is 0.480. The van der Waals surface area contributed by atoms with Crippen LogP contribution in [0.25, 0.3) is 0 Å². The molecule has 0 amide bonds. The Morgan fingerprint density at radius 1 is 1.00 bits per heavy atom. The average molecular weight is 306 g/mol. The molecule has 0 saturated carbocycles. The number of ether oxygens (including phenoxy) is 1. The fraction of sp³-hybridized carbons (Fsp3) is 0.200. The summed E-state index contributed by atoms with van der Waals surface area (Å²) in [5.74, 6) is 1.54. The molecule has 2 aromatic carbocycles. The largest absolute Gasteiger partial charge is 0.455 e. The van der Waals surface area contributed by atoms with Crippen LogP contribution in [0.4, 0.5) is 5.69 Å². The van der Waals surface area contributed by atoms with Crippen LogP contribution < -0.4 is 10.5 Å². The Balaban J connectivity index is 2.43. The molecule has 0 unspecified atom stereocenters. The second-order valence-electron chi connectivity index (χ2n) is 4.49.